The average molecular weight is 172 g/mol. The minimum absolute atomic E-state index is 0.136. The molecule has 1 aliphatic heterocycles. The summed E-state index contributed by atoms with van der Waals surface area (Å²) in [7, 11) is 3.25. The van der Waals surface area contributed by atoms with E-state index >= 15 is 0 Å². The minimum atomic E-state index is -1.01. The Balaban J connectivity index is 2.55. The zero-order valence-corrected chi connectivity index (χ0v) is 7.15. The second-order valence-electron chi connectivity index (χ2n) is 3.01. The zero-order chi connectivity index (χ0) is 9.30. The molecule has 0 saturated carbocycles. The molecule has 5 heteroatoms. The highest BCUT2D eigenvalue weighted by molar-refractivity contribution is 5.86. The zero-order valence-electron chi connectivity index (χ0n) is 7.15. The van der Waals surface area contributed by atoms with Crippen molar-refractivity contribution in [3.8, 4) is 0 Å². The standard InChI is InChI=1S/C7H12N2O3/c1-8(2)6(10)5-3-4-9(5)7(11)12/h5H,3-4H2,1-2H3,(H,11,12). The lowest BCUT2D eigenvalue weighted by molar-refractivity contribution is -0.137. The van der Waals surface area contributed by atoms with Crippen molar-refractivity contribution in [2.45, 2.75) is 12.5 Å². The maximum absolute atomic E-state index is 11.3. The number of carbonyl (C=O) groups is 2. The Morgan fingerprint density at radius 2 is 2.08 bits per heavy atom. The quantitative estimate of drug-likeness (QED) is 0.597. The summed E-state index contributed by atoms with van der Waals surface area (Å²) >= 11 is 0. The van der Waals surface area contributed by atoms with E-state index in [1.54, 1.807) is 14.1 Å². The van der Waals surface area contributed by atoms with Gasteiger partial charge in [-0.25, -0.2) is 4.79 Å². The first-order chi connectivity index (χ1) is 5.54. The Bertz CT molecular complexity index is 215. The Hall–Kier alpha value is -1.26. The van der Waals surface area contributed by atoms with Gasteiger partial charge >= 0.3 is 6.09 Å². The number of nitrogens with zero attached hydrogens (tertiary/aromatic N) is 2. The van der Waals surface area contributed by atoms with Crippen LogP contribution >= 0.6 is 0 Å². The lowest BCUT2D eigenvalue weighted by Gasteiger charge is -2.38. The van der Waals surface area contributed by atoms with Gasteiger partial charge in [0.15, 0.2) is 0 Å². The van der Waals surface area contributed by atoms with Crippen LogP contribution in [0.25, 0.3) is 0 Å². The van der Waals surface area contributed by atoms with Crippen molar-refractivity contribution in [2.24, 2.45) is 0 Å². The van der Waals surface area contributed by atoms with Crippen molar-refractivity contribution in [1.29, 1.82) is 0 Å². The van der Waals surface area contributed by atoms with Crippen LogP contribution in [0.1, 0.15) is 6.42 Å². The summed E-state index contributed by atoms with van der Waals surface area (Å²) < 4.78 is 0. The lowest BCUT2D eigenvalue weighted by Crippen LogP contribution is -2.57. The fraction of sp³-hybridized carbons (Fsp3) is 0.714. The predicted molar refractivity (Wildman–Crippen MR) is 41.8 cm³/mol. The average Bonchev–Trinajstić information content (AvgIpc) is 1.82. The normalized spacial score (nSPS) is 21.5. The van der Waals surface area contributed by atoms with Gasteiger partial charge in [0.1, 0.15) is 6.04 Å². The van der Waals surface area contributed by atoms with Gasteiger partial charge in [0.05, 0.1) is 0 Å². The van der Waals surface area contributed by atoms with E-state index in [4.69, 9.17) is 5.11 Å². The molecule has 0 radical (unpaired) electrons. The molecule has 2 amide bonds. The van der Waals surface area contributed by atoms with Crippen LogP contribution in [0.4, 0.5) is 4.79 Å². The van der Waals surface area contributed by atoms with Gasteiger partial charge in [-0.05, 0) is 6.42 Å². The molecule has 0 aromatic heterocycles. The van der Waals surface area contributed by atoms with Crippen LogP contribution in [-0.4, -0.2) is 53.6 Å². The van der Waals surface area contributed by atoms with Crippen LogP contribution in [0.15, 0.2) is 0 Å². The number of amides is 2. The number of hydrogen-bond acceptors (Lipinski definition) is 2. The molecule has 68 valence electrons. The lowest BCUT2D eigenvalue weighted by atomic mass is 10.0. The summed E-state index contributed by atoms with van der Waals surface area (Å²) in [6.45, 7) is 0.472. The highest BCUT2D eigenvalue weighted by Crippen LogP contribution is 2.18. The maximum atomic E-state index is 11.3. The number of likely N-dealkylation sites (N-methyl/N-ethyl adjacent to an activating group) is 1. The maximum Gasteiger partial charge on any atom is 0.407 e. The molecule has 1 unspecified atom stereocenters. The van der Waals surface area contributed by atoms with Gasteiger partial charge in [0.2, 0.25) is 5.91 Å². The molecule has 0 aliphatic carbocycles. The fourth-order valence-corrected chi connectivity index (χ4v) is 1.17. The Morgan fingerprint density at radius 1 is 1.50 bits per heavy atom. The summed E-state index contributed by atoms with van der Waals surface area (Å²) in [6, 6.07) is -0.447. The molecular weight excluding hydrogens is 160 g/mol. The van der Waals surface area contributed by atoms with Crippen molar-refractivity contribution in [1.82, 2.24) is 9.80 Å². The summed E-state index contributed by atoms with van der Waals surface area (Å²) in [5, 5.41) is 8.59. The second-order valence-corrected chi connectivity index (χ2v) is 3.01. The molecule has 1 atom stereocenters. The molecular formula is C7H12N2O3. The third-order valence-electron chi connectivity index (χ3n) is 1.99. The third kappa shape index (κ3) is 1.34. The van der Waals surface area contributed by atoms with E-state index in [2.05, 4.69) is 0 Å². The molecule has 1 fully saturated rings. The SMILES string of the molecule is CN(C)C(=O)C1CCN1C(=O)O. The Labute approximate surface area is 70.6 Å². The molecule has 0 aromatic carbocycles. The summed E-state index contributed by atoms with van der Waals surface area (Å²) in [5.74, 6) is -0.136. The molecule has 1 N–H and O–H groups in total. The van der Waals surface area contributed by atoms with Crippen LogP contribution in [0.3, 0.4) is 0 Å². The van der Waals surface area contributed by atoms with E-state index in [-0.39, 0.29) is 5.91 Å². The van der Waals surface area contributed by atoms with Crippen LogP contribution in [-0.2, 0) is 4.79 Å². The molecule has 1 saturated heterocycles. The molecule has 0 aromatic rings. The molecule has 0 bridgehead atoms. The molecule has 1 heterocycles. The monoisotopic (exact) mass is 172 g/mol. The topological polar surface area (TPSA) is 60.9 Å². The van der Waals surface area contributed by atoms with E-state index < -0.39 is 12.1 Å². The van der Waals surface area contributed by atoms with Crippen LogP contribution < -0.4 is 0 Å². The van der Waals surface area contributed by atoms with E-state index in [1.165, 1.54) is 4.90 Å². The molecule has 0 spiro atoms. The number of carbonyl (C=O) groups excluding carboxylic acids is 1. The van der Waals surface area contributed by atoms with E-state index in [0.717, 1.165) is 4.90 Å². The molecule has 12 heavy (non-hydrogen) atoms. The van der Waals surface area contributed by atoms with Gasteiger partial charge in [0, 0.05) is 20.6 Å². The Morgan fingerprint density at radius 3 is 2.33 bits per heavy atom. The summed E-state index contributed by atoms with van der Waals surface area (Å²) in [6.07, 6.45) is -0.370. The predicted octanol–water partition coefficient (Wildman–Crippen LogP) is -0.173. The smallest absolute Gasteiger partial charge is 0.407 e. The number of hydrogen-bond donors (Lipinski definition) is 1. The summed E-state index contributed by atoms with van der Waals surface area (Å²) in [5.41, 5.74) is 0. The van der Waals surface area contributed by atoms with Gasteiger partial charge in [0.25, 0.3) is 0 Å². The highest BCUT2D eigenvalue weighted by atomic mass is 16.4. The second kappa shape index (κ2) is 3.00. The van der Waals surface area contributed by atoms with Crippen LogP contribution in [0, 0.1) is 0 Å². The van der Waals surface area contributed by atoms with Gasteiger partial charge in [-0.2, -0.15) is 0 Å². The van der Waals surface area contributed by atoms with Crippen molar-refractivity contribution in [2.75, 3.05) is 20.6 Å². The largest absolute Gasteiger partial charge is 0.465 e. The first-order valence-electron chi connectivity index (χ1n) is 3.74. The van der Waals surface area contributed by atoms with Crippen molar-refractivity contribution in [3.05, 3.63) is 0 Å². The Kier molecular flexibility index (Phi) is 2.21. The van der Waals surface area contributed by atoms with Gasteiger partial charge in [-0.1, -0.05) is 0 Å². The third-order valence-corrected chi connectivity index (χ3v) is 1.99. The molecule has 1 aliphatic rings. The van der Waals surface area contributed by atoms with Crippen molar-refractivity contribution < 1.29 is 14.7 Å². The van der Waals surface area contributed by atoms with Crippen molar-refractivity contribution in [3.63, 3.8) is 0 Å². The van der Waals surface area contributed by atoms with E-state index in [1.807, 2.05) is 0 Å². The van der Waals surface area contributed by atoms with E-state index in [9.17, 15) is 9.59 Å². The first-order valence-corrected chi connectivity index (χ1v) is 3.74. The van der Waals surface area contributed by atoms with Gasteiger partial charge < -0.3 is 10.0 Å². The molecule has 5 nitrogen and oxygen atoms in total. The number of rotatable bonds is 1. The van der Waals surface area contributed by atoms with Crippen LogP contribution in [0.5, 0.6) is 0 Å². The number of carboxylic acid groups (broad SMARTS) is 1. The van der Waals surface area contributed by atoms with Gasteiger partial charge in [-0.15, -0.1) is 0 Å². The minimum Gasteiger partial charge on any atom is -0.465 e. The van der Waals surface area contributed by atoms with Crippen LogP contribution in [0.2, 0.25) is 0 Å². The number of likely N-dealkylation sites (tertiary alicyclic amines) is 1. The van der Waals surface area contributed by atoms with E-state index in [0.29, 0.717) is 13.0 Å². The first kappa shape index (κ1) is 8.83. The fourth-order valence-electron chi connectivity index (χ4n) is 1.17. The highest BCUT2D eigenvalue weighted by Gasteiger charge is 2.38. The van der Waals surface area contributed by atoms with Gasteiger partial charge in [-0.3, -0.25) is 9.69 Å². The van der Waals surface area contributed by atoms with Crippen molar-refractivity contribution >= 4 is 12.0 Å². The summed E-state index contributed by atoms with van der Waals surface area (Å²) in [4.78, 5) is 24.3. The molecule has 1 rings (SSSR count).